The molecule has 0 radical (unpaired) electrons. The molecule has 112 valence electrons. The minimum atomic E-state index is -0.277. The number of aryl methyl sites for hydroxylation is 1. The van der Waals surface area contributed by atoms with E-state index in [9.17, 15) is 4.39 Å². The van der Waals surface area contributed by atoms with Gasteiger partial charge in [-0.1, -0.05) is 19.9 Å². The van der Waals surface area contributed by atoms with E-state index in [2.05, 4.69) is 34.4 Å². The molecule has 0 amide bonds. The lowest BCUT2D eigenvalue weighted by molar-refractivity contribution is 0.606. The zero-order valence-electron chi connectivity index (χ0n) is 12.7. The molecule has 4 nitrogen and oxygen atoms in total. The third kappa shape index (κ3) is 5.02. The predicted molar refractivity (Wildman–Crippen MR) is 84.4 cm³/mol. The Balaban J connectivity index is 2.07. The SMILES string of the molecule is Cc1cc(Nc2cccc(F)c2)nc(NCCC(C)C)n1. The molecular weight excluding hydrogens is 267 g/mol. The van der Waals surface area contributed by atoms with Crippen LogP contribution in [0.5, 0.6) is 0 Å². The monoisotopic (exact) mass is 288 g/mol. The summed E-state index contributed by atoms with van der Waals surface area (Å²) in [6, 6.07) is 8.14. The Labute approximate surface area is 124 Å². The van der Waals surface area contributed by atoms with E-state index in [1.54, 1.807) is 12.1 Å². The summed E-state index contributed by atoms with van der Waals surface area (Å²) < 4.78 is 13.2. The molecule has 1 aromatic heterocycles. The molecule has 0 aliphatic rings. The topological polar surface area (TPSA) is 49.8 Å². The van der Waals surface area contributed by atoms with Gasteiger partial charge in [0, 0.05) is 24.0 Å². The molecule has 0 unspecified atom stereocenters. The fourth-order valence-electron chi connectivity index (χ4n) is 1.90. The van der Waals surface area contributed by atoms with Gasteiger partial charge in [0.25, 0.3) is 0 Å². The van der Waals surface area contributed by atoms with Crippen molar-refractivity contribution in [3.8, 4) is 0 Å². The van der Waals surface area contributed by atoms with Crippen LogP contribution in [0.25, 0.3) is 0 Å². The van der Waals surface area contributed by atoms with Gasteiger partial charge in [0.2, 0.25) is 5.95 Å². The Kier molecular flexibility index (Phi) is 5.09. The van der Waals surface area contributed by atoms with Gasteiger partial charge in [-0.3, -0.25) is 0 Å². The summed E-state index contributed by atoms with van der Waals surface area (Å²) in [6.07, 6.45) is 1.06. The normalized spacial score (nSPS) is 10.7. The second-order valence-electron chi connectivity index (χ2n) is 5.46. The smallest absolute Gasteiger partial charge is 0.224 e. The van der Waals surface area contributed by atoms with Crippen molar-refractivity contribution >= 4 is 17.5 Å². The van der Waals surface area contributed by atoms with E-state index >= 15 is 0 Å². The summed E-state index contributed by atoms with van der Waals surface area (Å²) in [5.41, 5.74) is 1.53. The summed E-state index contributed by atoms with van der Waals surface area (Å²) in [4.78, 5) is 8.75. The van der Waals surface area contributed by atoms with Crippen molar-refractivity contribution in [2.24, 2.45) is 5.92 Å². The molecule has 0 bridgehead atoms. The van der Waals surface area contributed by atoms with Gasteiger partial charge in [0.15, 0.2) is 0 Å². The average Bonchev–Trinajstić information content (AvgIpc) is 2.37. The van der Waals surface area contributed by atoms with Crippen molar-refractivity contribution in [1.29, 1.82) is 0 Å². The number of aromatic nitrogens is 2. The van der Waals surface area contributed by atoms with Gasteiger partial charge in [0.1, 0.15) is 11.6 Å². The molecule has 2 rings (SSSR count). The van der Waals surface area contributed by atoms with Crippen LogP contribution >= 0.6 is 0 Å². The number of hydrogen-bond acceptors (Lipinski definition) is 4. The van der Waals surface area contributed by atoms with Gasteiger partial charge in [0.05, 0.1) is 0 Å². The predicted octanol–water partition coefficient (Wildman–Crippen LogP) is 4.13. The third-order valence-corrected chi connectivity index (χ3v) is 2.96. The molecule has 0 fully saturated rings. The number of benzene rings is 1. The summed E-state index contributed by atoms with van der Waals surface area (Å²) in [5, 5.41) is 6.31. The Morgan fingerprint density at radius 3 is 2.71 bits per heavy atom. The van der Waals surface area contributed by atoms with Crippen molar-refractivity contribution in [2.75, 3.05) is 17.2 Å². The minimum Gasteiger partial charge on any atom is -0.354 e. The molecule has 5 heteroatoms. The first-order valence-corrected chi connectivity index (χ1v) is 7.15. The summed E-state index contributed by atoms with van der Waals surface area (Å²) in [6.45, 7) is 7.10. The van der Waals surface area contributed by atoms with Crippen molar-refractivity contribution in [3.63, 3.8) is 0 Å². The van der Waals surface area contributed by atoms with Gasteiger partial charge in [-0.2, -0.15) is 4.98 Å². The Morgan fingerprint density at radius 2 is 2.00 bits per heavy atom. The molecule has 0 spiro atoms. The third-order valence-electron chi connectivity index (χ3n) is 2.96. The molecule has 0 aliphatic heterocycles. The van der Waals surface area contributed by atoms with E-state index in [0.717, 1.165) is 18.7 Å². The molecule has 1 aromatic carbocycles. The van der Waals surface area contributed by atoms with Crippen LogP contribution in [-0.4, -0.2) is 16.5 Å². The summed E-state index contributed by atoms with van der Waals surface area (Å²) >= 11 is 0. The zero-order chi connectivity index (χ0) is 15.2. The van der Waals surface area contributed by atoms with Crippen molar-refractivity contribution in [3.05, 3.63) is 41.8 Å². The van der Waals surface area contributed by atoms with Gasteiger partial charge in [-0.15, -0.1) is 0 Å². The molecule has 2 N–H and O–H groups in total. The number of anilines is 3. The van der Waals surface area contributed by atoms with Crippen molar-refractivity contribution < 1.29 is 4.39 Å². The molecule has 2 aromatic rings. The van der Waals surface area contributed by atoms with Crippen molar-refractivity contribution in [2.45, 2.75) is 27.2 Å². The number of nitrogens with one attached hydrogen (secondary N) is 2. The zero-order valence-corrected chi connectivity index (χ0v) is 12.7. The number of nitrogens with zero attached hydrogens (tertiary/aromatic N) is 2. The van der Waals surface area contributed by atoms with Crippen LogP contribution in [0, 0.1) is 18.7 Å². The summed E-state index contributed by atoms with van der Waals surface area (Å²) in [5.74, 6) is 1.60. The quantitative estimate of drug-likeness (QED) is 0.839. The Hall–Kier alpha value is -2.17. The summed E-state index contributed by atoms with van der Waals surface area (Å²) in [7, 11) is 0. The standard InChI is InChI=1S/C16H21FN4/c1-11(2)7-8-18-16-19-12(3)9-15(21-16)20-14-6-4-5-13(17)10-14/h4-6,9-11H,7-8H2,1-3H3,(H2,18,19,20,21). The van der Waals surface area contributed by atoms with Crippen LogP contribution in [0.3, 0.4) is 0 Å². The molecule has 0 saturated carbocycles. The lowest BCUT2D eigenvalue weighted by atomic mass is 10.1. The lowest BCUT2D eigenvalue weighted by Crippen LogP contribution is -2.09. The van der Waals surface area contributed by atoms with E-state index in [1.807, 2.05) is 13.0 Å². The minimum absolute atomic E-state index is 0.277. The maximum atomic E-state index is 13.2. The van der Waals surface area contributed by atoms with Crippen LogP contribution in [0.15, 0.2) is 30.3 Å². The van der Waals surface area contributed by atoms with Crippen LogP contribution in [0.2, 0.25) is 0 Å². The Bertz CT molecular complexity index is 599. The van der Waals surface area contributed by atoms with Crippen molar-refractivity contribution in [1.82, 2.24) is 9.97 Å². The largest absolute Gasteiger partial charge is 0.354 e. The van der Waals surface area contributed by atoms with Gasteiger partial charge in [-0.05, 0) is 37.5 Å². The molecule has 0 saturated heterocycles. The fraction of sp³-hybridized carbons (Fsp3) is 0.375. The first kappa shape index (κ1) is 15.2. The van der Waals surface area contributed by atoms with E-state index in [0.29, 0.717) is 23.4 Å². The maximum Gasteiger partial charge on any atom is 0.224 e. The van der Waals surface area contributed by atoms with Crippen LogP contribution < -0.4 is 10.6 Å². The number of rotatable bonds is 6. The van der Waals surface area contributed by atoms with Crippen LogP contribution in [-0.2, 0) is 0 Å². The van der Waals surface area contributed by atoms with Gasteiger partial charge in [-0.25, -0.2) is 9.37 Å². The van der Waals surface area contributed by atoms with Crippen LogP contribution in [0.4, 0.5) is 21.8 Å². The number of halogens is 1. The molecule has 0 aliphatic carbocycles. The molecule has 1 heterocycles. The van der Waals surface area contributed by atoms with E-state index in [1.165, 1.54) is 12.1 Å². The highest BCUT2D eigenvalue weighted by Crippen LogP contribution is 2.17. The average molecular weight is 288 g/mol. The van der Waals surface area contributed by atoms with Gasteiger partial charge >= 0.3 is 0 Å². The van der Waals surface area contributed by atoms with E-state index in [4.69, 9.17) is 0 Å². The molecule has 21 heavy (non-hydrogen) atoms. The fourth-order valence-corrected chi connectivity index (χ4v) is 1.90. The highest BCUT2D eigenvalue weighted by atomic mass is 19.1. The Morgan fingerprint density at radius 1 is 1.19 bits per heavy atom. The highest BCUT2D eigenvalue weighted by Gasteiger charge is 2.04. The van der Waals surface area contributed by atoms with Crippen LogP contribution in [0.1, 0.15) is 26.0 Å². The first-order valence-electron chi connectivity index (χ1n) is 7.15. The first-order chi connectivity index (χ1) is 10.0. The van der Waals surface area contributed by atoms with E-state index in [-0.39, 0.29) is 5.82 Å². The van der Waals surface area contributed by atoms with Gasteiger partial charge < -0.3 is 10.6 Å². The second kappa shape index (κ2) is 7.02. The highest BCUT2D eigenvalue weighted by molar-refractivity contribution is 5.57. The maximum absolute atomic E-state index is 13.2. The number of hydrogen-bond donors (Lipinski definition) is 2. The second-order valence-corrected chi connectivity index (χ2v) is 5.46. The molecule has 0 atom stereocenters. The lowest BCUT2D eigenvalue weighted by Gasteiger charge is -2.10. The molecular formula is C16H21FN4. The van der Waals surface area contributed by atoms with E-state index < -0.39 is 0 Å².